The highest BCUT2D eigenvalue weighted by Gasteiger charge is 2.45. The predicted molar refractivity (Wildman–Crippen MR) is 112 cm³/mol. The van der Waals surface area contributed by atoms with Gasteiger partial charge < -0.3 is 4.84 Å². The van der Waals surface area contributed by atoms with Crippen LogP contribution < -0.4 is 4.89 Å². The summed E-state index contributed by atoms with van der Waals surface area (Å²) in [6.07, 6.45) is 0.838. The molecule has 1 atom stereocenters. The second-order valence-corrected chi connectivity index (χ2v) is 11.0. The Bertz CT molecular complexity index is 1280. The van der Waals surface area contributed by atoms with E-state index in [-0.39, 0.29) is 11.1 Å². The second-order valence-electron chi connectivity index (χ2n) is 7.44. The van der Waals surface area contributed by atoms with Gasteiger partial charge in [0.1, 0.15) is 10.9 Å². The number of hydrogen-bond acceptors (Lipinski definition) is 8. The van der Waals surface area contributed by atoms with Crippen molar-refractivity contribution in [3.8, 4) is 0 Å². The third-order valence-electron chi connectivity index (χ3n) is 4.77. The van der Waals surface area contributed by atoms with Gasteiger partial charge in [-0.3, -0.25) is 14.5 Å². The number of rotatable bonds is 7. The minimum atomic E-state index is -4.59. The van der Waals surface area contributed by atoms with Gasteiger partial charge in [0, 0.05) is 6.26 Å². The minimum Gasteiger partial charge on any atom is -0.353 e. The van der Waals surface area contributed by atoms with Crippen LogP contribution in [0.25, 0.3) is 0 Å². The van der Waals surface area contributed by atoms with Crippen molar-refractivity contribution in [1.82, 2.24) is 9.79 Å². The van der Waals surface area contributed by atoms with E-state index in [9.17, 15) is 31.2 Å². The number of amides is 2. The summed E-state index contributed by atoms with van der Waals surface area (Å²) in [5, 5.41) is 0. The van der Waals surface area contributed by atoms with Gasteiger partial charge in [-0.05, 0) is 35.1 Å². The van der Waals surface area contributed by atoms with Crippen LogP contribution in [0.2, 0.25) is 0 Å². The van der Waals surface area contributed by atoms with Crippen molar-refractivity contribution in [1.29, 1.82) is 0 Å². The number of nitrogens with one attached hydrogen (secondary N) is 1. The van der Waals surface area contributed by atoms with Crippen molar-refractivity contribution in [2.45, 2.75) is 29.7 Å². The Morgan fingerprint density at radius 1 is 0.875 bits per heavy atom. The quantitative estimate of drug-likeness (QED) is 0.459. The first kappa shape index (κ1) is 23.6. The number of sulfonamides is 1. The summed E-state index contributed by atoms with van der Waals surface area (Å²) in [4.78, 5) is 44.2. The lowest BCUT2D eigenvalue weighted by atomic mass is 10.0. The molecule has 0 saturated heterocycles. The van der Waals surface area contributed by atoms with Gasteiger partial charge in [0.25, 0.3) is 21.8 Å². The van der Waals surface area contributed by atoms with Gasteiger partial charge >= 0.3 is 5.97 Å². The summed E-state index contributed by atoms with van der Waals surface area (Å²) in [7, 11) is -8.49. The van der Waals surface area contributed by atoms with Crippen LogP contribution in [0.5, 0.6) is 0 Å². The Labute approximate surface area is 185 Å². The maximum Gasteiger partial charge on any atom is 0.349 e. The first-order valence-corrected chi connectivity index (χ1v) is 12.7. The fourth-order valence-electron chi connectivity index (χ4n) is 3.32. The fraction of sp³-hybridized carbons (Fsp3) is 0.250. The van der Waals surface area contributed by atoms with Crippen LogP contribution in [-0.4, -0.2) is 51.8 Å². The zero-order valence-electron chi connectivity index (χ0n) is 17.3. The van der Waals surface area contributed by atoms with Crippen LogP contribution in [0, 0.1) is 5.92 Å². The molecule has 1 aliphatic rings. The maximum absolute atomic E-state index is 12.8. The number of imide groups is 1. The van der Waals surface area contributed by atoms with Gasteiger partial charge in [-0.1, -0.05) is 38.1 Å². The number of sulfone groups is 1. The van der Waals surface area contributed by atoms with Crippen molar-refractivity contribution in [2.75, 3.05) is 6.26 Å². The third-order valence-corrected chi connectivity index (χ3v) is 7.29. The van der Waals surface area contributed by atoms with Gasteiger partial charge in [-0.15, -0.1) is 0 Å². The molecule has 32 heavy (non-hydrogen) atoms. The lowest BCUT2D eigenvalue weighted by Gasteiger charge is -2.27. The molecule has 10 nitrogen and oxygen atoms in total. The van der Waals surface area contributed by atoms with Crippen LogP contribution in [0.1, 0.15) is 34.6 Å². The summed E-state index contributed by atoms with van der Waals surface area (Å²) in [6, 6.07) is 9.41. The normalized spacial score (nSPS) is 15.1. The summed E-state index contributed by atoms with van der Waals surface area (Å²) < 4.78 is 49.1. The number of fused-ring (bicyclic) bond motifs is 1. The Balaban J connectivity index is 1.86. The molecule has 12 heteroatoms. The molecule has 0 aliphatic carbocycles. The molecule has 0 bridgehead atoms. The molecule has 1 heterocycles. The van der Waals surface area contributed by atoms with Crippen LogP contribution in [-0.2, 0) is 29.5 Å². The summed E-state index contributed by atoms with van der Waals surface area (Å²) >= 11 is 0. The first-order chi connectivity index (χ1) is 14.9. The average molecular weight is 481 g/mol. The lowest BCUT2D eigenvalue weighted by molar-refractivity contribution is -0.153. The number of hydrogen-bond donors (Lipinski definition) is 1. The van der Waals surface area contributed by atoms with Crippen molar-refractivity contribution >= 4 is 37.6 Å². The van der Waals surface area contributed by atoms with E-state index < -0.39 is 59.4 Å². The van der Waals surface area contributed by atoms with E-state index in [1.54, 1.807) is 30.9 Å². The van der Waals surface area contributed by atoms with Crippen molar-refractivity contribution in [3.63, 3.8) is 0 Å². The summed E-state index contributed by atoms with van der Waals surface area (Å²) in [5.74, 6) is -3.22. The highest BCUT2D eigenvalue weighted by Crippen LogP contribution is 2.28. The largest absolute Gasteiger partial charge is 0.353 e. The fourth-order valence-corrected chi connectivity index (χ4v) is 5.73. The zero-order chi connectivity index (χ0) is 23.8. The van der Waals surface area contributed by atoms with E-state index in [4.69, 9.17) is 4.84 Å². The van der Waals surface area contributed by atoms with Crippen LogP contribution in [0.3, 0.4) is 0 Å². The minimum absolute atomic E-state index is 0.124. The zero-order valence-corrected chi connectivity index (χ0v) is 18.9. The summed E-state index contributed by atoms with van der Waals surface area (Å²) in [6.45, 7) is 3.12. The highest BCUT2D eigenvalue weighted by atomic mass is 32.2. The number of nitrogens with zero attached hydrogens (tertiary/aromatic N) is 1. The molecular weight excluding hydrogens is 460 g/mol. The number of carbonyl (C=O) groups is 3. The number of benzene rings is 2. The number of carbonyl (C=O) groups excluding carboxylic acids is 3. The Morgan fingerprint density at radius 3 is 1.81 bits per heavy atom. The topological polar surface area (TPSA) is 144 Å². The monoisotopic (exact) mass is 480 g/mol. The molecule has 0 spiro atoms. The molecule has 0 radical (unpaired) electrons. The molecule has 1 N–H and O–H groups in total. The summed E-state index contributed by atoms with van der Waals surface area (Å²) in [5.41, 5.74) is 0.247. The molecule has 2 aromatic carbocycles. The van der Waals surface area contributed by atoms with Crippen LogP contribution in [0.15, 0.2) is 58.3 Å². The standard InChI is InChI=1S/C20H20N2O8S2/c1-12(2)17(22-18(23)13-8-4-5-9-14(13)19(22)24)20(25)30-21-32(28,29)16-11-7-6-10-15(16)31(3,26)27/h4-12,17,21H,1-3H3. The predicted octanol–water partition coefficient (Wildman–Crippen LogP) is 1.15. The lowest BCUT2D eigenvalue weighted by Crippen LogP contribution is -2.50. The first-order valence-electron chi connectivity index (χ1n) is 9.34. The SMILES string of the molecule is CC(C)C(C(=O)ONS(=O)(=O)c1ccccc1S(C)(=O)=O)N1C(=O)c2ccccc2C1=O. The molecule has 1 aliphatic heterocycles. The molecule has 0 fully saturated rings. The Kier molecular flexibility index (Phi) is 6.22. The molecule has 0 aromatic heterocycles. The van der Waals surface area contributed by atoms with Gasteiger partial charge in [0.05, 0.1) is 16.0 Å². The van der Waals surface area contributed by atoms with Gasteiger partial charge in [0.2, 0.25) is 0 Å². The van der Waals surface area contributed by atoms with Gasteiger partial charge in [0.15, 0.2) is 9.84 Å². The molecule has 0 saturated carbocycles. The van der Waals surface area contributed by atoms with Crippen LogP contribution >= 0.6 is 0 Å². The maximum atomic E-state index is 12.8. The van der Waals surface area contributed by atoms with Crippen molar-refractivity contribution < 1.29 is 36.1 Å². The average Bonchev–Trinajstić information content (AvgIpc) is 2.97. The van der Waals surface area contributed by atoms with E-state index in [0.717, 1.165) is 23.3 Å². The molecule has 1 unspecified atom stereocenters. The van der Waals surface area contributed by atoms with Gasteiger partial charge in [-0.25, -0.2) is 21.6 Å². The highest BCUT2D eigenvalue weighted by molar-refractivity contribution is 7.93. The smallest absolute Gasteiger partial charge is 0.349 e. The van der Waals surface area contributed by atoms with E-state index in [1.807, 2.05) is 0 Å². The molecular formula is C20H20N2O8S2. The van der Waals surface area contributed by atoms with Gasteiger partial charge in [-0.2, -0.15) is 0 Å². The molecule has 2 aromatic rings. The second kappa shape index (κ2) is 8.45. The third kappa shape index (κ3) is 4.29. The molecule has 170 valence electrons. The van der Waals surface area contributed by atoms with E-state index >= 15 is 0 Å². The Morgan fingerprint density at radius 2 is 1.34 bits per heavy atom. The van der Waals surface area contributed by atoms with E-state index in [1.165, 1.54) is 24.3 Å². The Hall–Kier alpha value is -3.09. The molecule has 2 amide bonds. The molecule has 3 rings (SSSR count). The van der Waals surface area contributed by atoms with Crippen molar-refractivity contribution in [2.24, 2.45) is 5.92 Å². The van der Waals surface area contributed by atoms with E-state index in [2.05, 4.69) is 0 Å². The van der Waals surface area contributed by atoms with Crippen molar-refractivity contribution in [3.05, 3.63) is 59.7 Å². The van der Waals surface area contributed by atoms with Crippen LogP contribution in [0.4, 0.5) is 0 Å². The van der Waals surface area contributed by atoms with E-state index in [0.29, 0.717) is 0 Å².